The summed E-state index contributed by atoms with van der Waals surface area (Å²) in [5.41, 5.74) is 0. The fraction of sp³-hybridized carbons (Fsp3) is 0.875. The van der Waals surface area contributed by atoms with E-state index in [1.807, 2.05) is 6.92 Å². The van der Waals surface area contributed by atoms with Crippen LogP contribution in [0.2, 0.25) is 0 Å². The van der Waals surface area contributed by atoms with Gasteiger partial charge in [0.15, 0.2) is 0 Å². The van der Waals surface area contributed by atoms with Crippen LogP contribution in [0.1, 0.15) is 26.7 Å². The van der Waals surface area contributed by atoms with Gasteiger partial charge >= 0.3 is 5.97 Å². The summed E-state index contributed by atoms with van der Waals surface area (Å²) in [5.74, 6) is -0.817. The average molecular weight is 175 g/mol. The second kappa shape index (κ2) is 5.97. The minimum Gasteiger partial charge on any atom is -0.481 e. The van der Waals surface area contributed by atoms with Crippen molar-refractivity contribution in [1.82, 2.24) is 5.32 Å². The fourth-order valence-corrected chi connectivity index (χ4v) is 1.02. The van der Waals surface area contributed by atoms with Crippen molar-refractivity contribution in [2.24, 2.45) is 0 Å². The van der Waals surface area contributed by atoms with Crippen LogP contribution in [0, 0.1) is 0 Å². The minimum atomic E-state index is -0.817. The molecule has 0 saturated heterocycles. The Morgan fingerprint density at radius 3 is 2.50 bits per heavy atom. The highest BCUT2D eigenvalue weighted by atomic mass is 16.4. The van der Waals surface area contributed by atoms with Gasteiger partial charge in [-0.05, 0) is 13.3 Å². The van der Waals surface area contributed by atoms with E-state index in [2.05, 4.69) is 5.32 Å². The van der Waals surface area contributed by atoms with E-state index in [-0.39, 0.29) is 25.1 Å². The smallest absolute Gasteiger partial charge is 0.304 e. The monoisotopic (exact) mass is 175 g/mol. The molecule has 0 amide bonds. The van der Waals surface area contributed by atoms with Crippen molar-refractivity contribution in [3.8, 4) is 0 Å². The molecule has 12 heavy (non-hydrogen) atoms. The number of carboxylic acids is 1. The number of aliphatic carboxylic acids is 1. The molecule has 0 rings (SSSR count). The second-order valence-electron chi connectivity index (χ2n) is 2.95. The Balaban J connectivity index is 3.65. The van der Waals surface area contributed by atoms with E-state index >= 15 is 0 Å². The highest BCUT2D eigenvalue weighted by molar-refractivity contribution is 5.67. The largest absolute Gasteiger partial charge is 0.481 e. The van der Waals surface area contributed by atoms with Crippen LogP contribution in [0.5, 0.6) is 0 Å². The van der Waals surface area contributed by atoms with Gasteiger partial charge in [-0.25, -0.2) is 0 Å². The van der Waals surface area contributed by atoms with Crippen LogP contribution in [-0.2, 0) is 4.79 Å². The zero-order chi connectivity index (χ0) is 9.56. The first-order chi connectivity index (χ1) is 5.60. The van der Waals surface area contributed by atoms with Gasteiger partial charge in [0, 0.05) is 12.1 Å². The topological polar surface area (TPSA) is 69.6 Å². The van der Waals surface area contributed by atoms with Crippen LogP contribution < -0.4 is 5.32 Å². The molecule has 0 saturated carbocycles. The molecule has 0 bridgehead atoms. The molecule has 0 aromatic rings. The number of hydrogen-bond acceptors (Lipinski definition) is 3. The maximum atomic E-state index is 10.3. The molecule has 0 aliphatic rings. The predicted molar refractivity (Wildman–Crippen MR) is 46.0 cm³/mol. The quantitative estimate of drug-likeness (QED) is 0.539. The van der Waals surface area contributed by atoms with Gasteiger partial charge in [-0.3, -0.25) is 4.79 Å². The maximum absolute atomic E-state index is 10.3. The van der Waals surface area contributed by atoms with Gasteiger partial charge in [-0.1, -0.05) is 6.92 Å². The molecule has 0 radical (unpaired) electrons. The molecule has 2 atom stereocenters. The van der Waals surface area contributed by atoms with Crippen LogP contribution in [0.15, 0.2) is 0 Å². The van der Waals surface area contributed by atoms with Gasteiger partial charge in [-0.2, -0.15) is 0 Å². The number of rotatable bonds is 6. The molecule has 72 valence electrons. The lowest BCUT2D eigenvalue weighted by molar-refractivity contribution is -0.137. The predicted octanol–water partition coefficient (Wildman–Crippen LogP) is 0.210. The summed E-state index contributed by atoms with van der Waals surface area (Å²) in [7, 11) is 0. The zero-order valence-electron chi connectivity index (χ0n) is 7.58. The third-order valence-corrected chi connectivity index (χ3v) is 1.71. The first-order valence-electron chi connectivity index (χ1n) is 4.18. The van der Waals surface area contributed by atoms with Gasteiger partial charge in [0.05, 0.1) is 13.0 Å². The molecule has 0 aromatic heterocycles. The third-order valence-electron chi connectivity index (χ3n) is 1.71. The van der Waals surface area contributed by atoms with E-state index < -0.39 is 5.97 Å². The molecular weight excluding hydrogens is 158 g/mol. The van der Waals surface area contributed by atoms with Crippen LogP contribution in [0.4, 0.5) is 0 Å². The Morgan fingerprint density at radius 2 is 2.17 bits per heavy atom. The van der Waals surface area contributed by atoms with Gasteiger partial charge in [0.1, 0.15) is 0 Å². The van der Waals surface area contributed by atoms with Gasteiger partial charge < -0.3 is 15.5 Å². The molecular formula is C8H17NO3. The lowest BCUT2D eigenvalue weighted by atomic mass is 10.1. The van der Waals surface area contributed by atoms with Crippen molar-refractivity contribution in [2.45, 2.75) is 38.8 Å². The number of carbonyl (C=O) groups is 1. The third kappa shape index (κ3) is 5.09. The van der Waals surface area contributed by atoms with Gasteiger partial charge in [0.2, 0.25) is 0 Å². The summed E-state index contributed by atoms with van der Waals surface area (Å²) in [6.45, 7) is 3.80. The van der Waals surface area contributed by atoms with Crippen LogP contribution >= 0.6 is 0 Å². The molecule has 3 N–H and O–H groups in total. The van der Waals surface area contributed by atoms with Crippen molar-refractivity contribution in [3.63, 3.8) is 0 Å². The molecule has 4 nitrogen and oxygen atoms in total. The highest BCUT2D eigenvalue weighted by Gasteiger charge is 2.11. The Bertz CT molecular complexity index is 134. The van der Waals surface area contributed by atoms with Crippen molar-refractivity contribution in [1.29, 1.82) is 0 Å². The molecule has 0 aromatic carbocycles. The minimum absolute atomic E-state index is 0.0133. The van der Waals surface area contributed by atoms with Crippen LogP contribution in [-0.4, -0.2) is 34.9 Å². The second-order valence-corrected chi connectivity index (χ2v) is 2.95. The lowest BCUT2D eigenvalue weighted by Gasteiger charge is -2.18. The van der Waals surface area contributed by atoms with E-state index in [9.17, 15) is 4.79 Å². The Kier molecular flexibility index (Phi) is 5.66. The molecule has 0 aliphatic carbocycles. The average Bonchev–Trinajstić information content (AvgIpc) is 1.98. The fourth-order valence-electron chi connectivity index (χ4n) is 1.02. The summed E-state index contributed by atoms with van der Waals surface area (Å²) < 4.78 is 0. The number of aliphatic hydroxyl groups is 1. The van der Waals surface area contributed by atoms with Gasteiger partial charge in [0.25, 0.3) is 0 Å². The van der Waals surface area contributed by atoms with E-state index in [4.69, 9.17) is 10.2 Å². The molecule has 0 fully saturated rings. The van der Waals surface area contributed by atoms with Crippen molar-refractivity contribution >= 4 is 5.97 Å². The first-order valence-corrected chi connectivity index (χ1v) is 4.18. The number of carboxylic acid groups (broad SMARTS) is 1. The van der Waals surface area contributed by atoms with E-state index in [0.717, 1.165) is 6.42 Å². The SMILES string of the molecule is CCC(CO)NC(C)CC(=O)O. The summed E-state index contributed by atoms with van der Waals surface area (Å²) in [4.78, 5) is 10.3. The van der Waals surface area contributed by atoms with E-state index in [1.165, 1.54) is 0 Å². The standard InChI is InChI=1S/C8H17NO3/c1-3-7(5-10)9-6(2)4-8(11)12/h6-7,9-10H,3-5H2,1-2H3,(H,11,12). The summed E-state index contributed by atoms with van der Waals surface area (Å²) >= 11 is 0. The number of aliphatic hydroxyl groups excluding tert-OH is 1. The Hall–Kier alpha value is -0.610. The summed E-state index contributed by atoms with van der Waals surface area (Å²) in [6.07, 6.45) is 0.900. The number of nitrogens with one attached hydrogen (secondary N) is 1. The molecule has 4 heteroatoms. The molecule has 0 aliphatic heterocycles. The maximum Gasteiger partial charge on any atom is 0.304 e. The van der Waals surface area contributed by atoms with E-state index in [0.29, 0.717) is 0 Å². The van der Waals surface area contributed by atoms with E-state index in [1.54, 1.807) is 6.92 Å². The highest BCUT2D eigenvalue weighted by Crippen LogP contribution is 1.96. The van der Waals surface area contributed by atoms with Crippen LogP contribution in [0.3, 0.4) is 0 Å². The Morgan fingerprint density at radius 1 is 1.58 bits per heavy atom. The van der Waals surface area contributed by atoms with Crippen molar-refractivity contribution in [2.75, 3.05) is 6.61 Å². The van der Waals surface area contributed by atoms with Crippen molar-refractivity contribution < 1.29 is 15.0 Å². The summed E-state index contributed by atoms with van der Waals surface area (Å²) in [5, 5.41) is 20.3. The van der Waals surface area contributed by atoms with Crippen LogP contribution in [0.25, 0.3) is 0 Å². The zero-order valence-corrected chi connectivity index (χ0v) is 7.58. The normalized spacial score (nSPS) is 15.6. The Labute approximate surface area is 72.6 Å². The molecule has 0 spiro atoms. The number of hydrogen-bond donors (Lipinski definition) is 3. The molecule has 0 heterocycles. The first kappa shape index (κ1) is 11.4. The van der Waals surface area contributed by atoms with Crippen molar-refractivity contribution in [3.05, 3.63) is 0 Å². The van der Waals surface area contributed by atoms with Gasteiger partial charge in [-0.15, -0.1) is 0 Å². The lowest BCUT2D eigenvalue weighted by Crippen LogP contribution is -2.39. The summed E-state index contributed by atoms with van der Waals surface area (Å²) in [6, 6.07) is -0.0704. The molecule has 2 unspecified atom stereocenters.